The highest BCUT2D eigenvalue weighted by Gasteiger charge is 2.35. The zero-order valence-corrected chi connectivity index (χ0v) is 15.6. The molecule has 4 heteroatoms. The van der Waals surface area contributed by atoms with E-state index in [1.807, 2.05) is 0 Å². The minimum absolute atomic E-state index is 0. The summed E-state index contributed by atoms with van der Waals surface area (Å²) in [4.78, 5) is 15.1. The third-order valence-electron chi connectivity index (χ3n) is 6.12. The fourth-order valence-corrected chi connectivity index (χ4v) is 4.41. The van der Waals surface area contributed by atoms with Crippen LogP contribution in [-0.2, 0) is 4.79 Å². The van der Waals surface area contributed by atoms with Crippen molar-refractivity contribution >= 4 is 18.3 Å². The predicted octanol–water partition coefficient (Wildman–Crippen LogP) is 4.01. The fourth-order valence-electron chi connectivity index (χ4n) is 4.41. The van der Waals surface area contributed by atoms with E-state index in [0.717, 1.165) is 32.0 Å². The van der Waals surface area contributed by atoms with E-state index in [-0.39, 0.29) is 12.4 Å². The highest BCUT2D eigenvalue weighted by Crippen LogP contribution is 2.33. The maximum absolute atomic E-state index is 12.9. The standard InChI is InChI=1S/C19H34N2O.ClH/c1-15(17-8-5-11-20-13-17)12-19(22)21(18-9-10-18)14-16-6-3-2-4-7-16;/h15-18,20H,2-14H2,1H3;1H. The summed E-state index contributed by atoms with van der Waals surface area (Å²) >= 11 is 0. The minimum Gasteiger partial charge on any atom is -0.339 e. The molecule has 3 nitrogen and oxygen atoms in total. The van der Waals surface area contributed by atoms with Gasteiger partial charge in [-0.3, -0.25) is 4.79 Å². The summed E-state index contributed by atoms with van der Waals surface area (Å²) in [5.41, 5.74) is 0. The van der Waals surface area contributed by atoms with Crippen molar-refractivity contribution in [1.82, 2.24) is 10.2 Å². The van der Waals surface area contributed by atoms with Crippen LogP contribution in [0.25, 0.3) is 0 Å². The molecule has 1 N–H and O–H groups in total. The van der Waals surface area contributed by atoms with Gasteiger partial charge in [0.15, 0.2) is 0 Å². The van der Waals surface area contributed by atoms with Crippen molar-refractivity contribution in [3.05, 3.63) is 0 Å². The first-order valence-electron chi connectivity index (χ1n) is 9.74. The predicted molar refractivity (Wildman–Crippen MR) is 97.9 cm³/mol. The zero-order chi connectivity index (χ0) is 15.4. The fraction of sp³-hybridized carbons (Fsp3) is 0.947. The summed E-state index contributed by atoms with van der Waals surface area (Å²) in [5, 5.41) is 3.49. The summed E-state index contributed by atoms with van der Waals surface area (Å²) in [6.07, 6.45) is 12.7. The van der Waals surface area contributed by atoms with Gasteiger partial charge in [0.2, 0.25) is 5.91 Å². The van der Waals surface area contributed by atoms with Crippen LogP contribution in [0.3, 0.4) is 0 Å². The average molecular weight is 343 g/mol. The zero-order valence-electron chi connectivity index (χ0n) is 14.8. The molecule has 3 rings (SSSR count). The summed E-state index contributed by atoms with van der Waals surface area (Å²) < 4.78 is 0. The summed E-state index contributed by atoms with van der Waals surface area (Å²) in [6, 6.07) is 0.589. The molecule has 2 saturated carbocycles. The second kappa shape index (κ2) is 9.27. The van der Waals surface area contributed by atoms with Crippen molar-refractivity contribution < 1.29 is 4.79 Å². The molecule has 1 aliphatic heterocycles. The molecule has 1 saturated heterocycles. The van der Waals surface area contributed by atoms with E-state index in [1.54, 1.807) is 0 Å². The molecular weight excluding hydrogens is 308 g/mol. The number of nitrogens with zero attached hydrogens (tertiary/aromatic N) is 1. The van der Waals surface area contributed by atoms with Crippen LogP contribution in [0.2, 0.25) is 0 Å². The van der Waals surface area contributed by atoms with Crippen LogP contribution in [0.15, 0.2) is 0 Å². The third kappa shape index (κ3) is 5.63. The van der Waals surface area contributed by atoms with Gasteiger partial charge < -0.3 is 10.2 Å². The second-order valence-corrected chi connectivity index (χ2v) is 8.07. The highest BCUT2D eigenvalue weighted by atomic mass is 35.5. The molecule has 1 amide bonds. The van der Waals surface area contributed by atoms with Crippen molar-refractivity contribution in [2.24, 2.45) is 17.8 Å². The smallest absolute Gasteiger partial charge is 0.223 e. The van der Waals surface area contributed by atoms with Gasteiger partial charge in [-0.2, -0.15) is 0 Å². The van der Waals surface area contributed by atoms with Gasteiger partial charge in [0.1, 0.15) is 0 Å². The Kier molecular flexibility index (Phi) is 7.68. The molecule has 2 atom stereocenters. The molecule has 134 valence electrons. The average Bonchev–Trinajstić information content (AvgIpc) is 3.39. The lowest BCUT2D eigenvalue weighted by Gasteiger charge is -2.33. The van der Waals surface area contributed by atoms with E-state index in [9.17, 15) is 4.79 Å². The Balaban J connectivity index is 0.00000192. The second-order valence-electron chi connectivity index (χ2n) is 8.07. The number of hydrogen-bond acceptors (Lipinski definition) is 2. The number of halogens is 1. The molecule has 2 unspecified atom stereocenters. The number of rotatable bonds is 6. The van der Waals surface area contributed by atoms with Gasteiger partial charge in [0.05, 0.1) is 0 Å². The van der Waals surface area contributed by atoms with E-state index in [2.05, 4.69) is 17.1 Å². The lowest BCUT2D eigenvalue weighted by Crippen LogP contribution is -2.40. The van der Waals surface area contributed by atoms with Crippen molar-refractivity contribution in [3.63, 3.8) is 0 Å². The van der Waals surface area contributed by atoms with E-state index >= 15 is 0 Å². The number of carbonyl (C=O) groups is 1. The van der Waals surface area contributed by atoms with Crippen molar-refractivity contribution in [2.75, 3.05) is 19.6 Å². The Morgan fingerprint density at radius 3 is 2.43 bits per heavy atom. The summed E-state index contributed by atoms with van der Waals surface area (Å²) in [5.74, 6) is 2.47. The number of piperidine rings is 1. The topological polar surface area (TPSA) is 32.3 Å². The largest absolute Gasteiger partial charge is 0.339 e. The molecule has 0 aromatic rings. The molecule has 2 aliphatic carbocycles. The van der Waals surface area contributed by atoms with Gasteiger partial charge in [-0.05, 0) is 69.4 Å². The highest BCUT2D eigenvalue weighted by molar-refractivity contribution is 5.85. The van der Waals surface area contributed by atoms with Crippen LogP contribution in [0.5, 0.6) is 0 Å². The molecule has 3 fully saturated rings. The van der Waals surface area contributed by atoms with Crippen LogP contribution in [0, 0.1) is 17.8 Å². The molecule has 23 heavy (non-hydrogen) atoms. The molecule has 0 aromatic carbocycles. The van der Waals surface area contributed by atoms with E-state index in [1.165, 1.54) is 57.8 Å². The Morgan fingerprint density at radius 2 is 1.83 bits per heavy atom. The number of hydrogen-bond donors (Lipinski definition) is 1. The van der Waals surface area contributed by atoms with Crippen LogP contribution < -0.4 is 5.32 Å². The first-order valence-corrected chi connectivity index (χ1v) is 9.74. The van der Waals surface area contributed by atoms with Crippen LogP contribution in [0.1, 0.15) is 71.1 Å². The normalized spacial score (nSPS) is 27.1. The quantitative estimate of drug-likeness (QED) is 0.791. The van der Waals surface area contributed by atoms with Gasteiger partial charge in [-0.25, -0.2) is 0 Å². The van der Waals surface area contributed by atoms with E-state index < -0.39 is 0 Å². The molecule has 1 heterocycles. The van der Waals surface area contributed by atoms with Gasteiger partial charge in [0, 0.05) is 19.0 Å². The SMILES string of the molecule is CC(CC(=O)N(CC1CCCCC1)C1CC1)C1CCCNC1.Cl. The lowest BCUT2D eigenvalue weighted by molar-refractivity contribution is -0.134. The Hall–Kier alpha value is -0.280. The molecule has 0 bridgehead atoms. The van der Waals surface area contributed by atoms with Gasteiger partial charge in [-0.1, -0.05) is 26.2 Å². The number of carbonyl (C=O) groups excluding carboxylic acids is 1. The van der Waals surface area contributed by atoms with Gasteiger partial charge in [0.25, 0.3) is 0 Å². The molecule has 0 radical (unpaired) electrons. The first-order chi connectivity index (χ1) is 10.7. The van der Waals surface area contributed by atoms with Crippen molar-refractivity contribution in [3.8, 4) is 0 Å². The van der Waals surface area contributed by atoms with E-state index in [0.29, 0.717) is 23.8 Å². The monoisotopic (exact) mass is 342 g/mol. The molecular formula is C19H35ClN2O. The number of amides is 1. The van der Waals surface area contributed by atoms with Crippen molar-refractivity contribution in [1.29, 1.82) is 0 Å². The molecule has 0 aromatic heterocycles. The molecule has 0 spiro atoms. The Bertz CT molecular complexity index is 360. The molecule has 3 aliphatic rings. The third-order valence-corrected chi connectivity index (χ3v) is 6.12. The summed E-state index contributed by atoms with van der Waals surface area (Å²) in [7, 11) is 0. The van der Waals surface area contributed by atoms with Gasteiger partial charge in [-0.15, -0.1) is 12.4 Å². The van der Waals surface area contributed by atoms with Crippen molar-refractivity contribution in [2.45, 2.75) is 77.2 Å². The first kappa shape index (κ1) is 19.1. The number of nitrogens with one attached hydrogen (secondary N) is 1. The van der Waals surface area contributed by atoms with Crippen LogP contribution >= 0.6 is 12.4 Å². The van der Waals surface area contributed by atoms with E-state index in [4.69, 9.17) is 0 Å². The Morgan fingerprint density at radius 1 is 1.09 bits per heavy atom. The van der Waals surface area contributed by atoms with Gasteiger partial charge >= 0.3 is 0 Å². The maximum atomic E-state index is 12.9. The van der Waals surface area contributed by atoms with Crippen LogP contribution in [0.4, 0.5) is 0 Å². The summed E-state index contributed by atoms with van der Waals surface area (Å²) in [6.45, 7) is 5.62. The van der Waals surface area contributed by atoms with Crippen LogP contribution in [-0.4, -0.2) is 36.5 Å². The Labute approximate surface area is 148 Å². The lowest BCUT2D eigenvalue weighted by atomic mass is 9.85. The maximum Gasteiger partial charge on any atom is 0.223 e. The minimum atomic E-state index is 0.